The van der Waals surface area contributed by atoms with E-state index in [0.29, 0.717) is 12.8 Å². The Morgan fingerprint density at radius 1 is 0.950 bits per heavy atom. The molecule has 2 aromatic rings. The highest BCUT2D eigenvalue weighted by atomic mass is 19.2. The van der Waals surface area contributed by atoms with Crippen molar-refractivity contribution >= 4 is 23.7 Å². The average molecular weight is 560 g/mol. The van der Waals surface area contributed by atoms with Gasteiger partial charge in [0.05, 0.1) is 7.11 Å². The van der Waals surface area contributed by atoms with Gasteiger partial charge in [-0.25, -0.2) is 18.0 Å². The Morgan fingerprint density at radius 3 is 2.35 bits per heavy atom. The topological polar surface area (TPSA) is 105 Å². The molecule has 3 atom stereocenters. The standard InChI is InChI=1S/C29H32F3N3O5/c1-40-29(39)24(14-18-5-2-3-7-21(18)30)34-28(38)23(13-17-9-10-17)33-25(36)15-20-11-12-26(37)35(20)16-19-6-4-8-22(31)27(19)32/h2-8,17,20,23-24H,9-16H2,1H3,(H,33,36)(H,34,38)/t20-,23-,24-/m0/s1. The molecule has 1 heterocycles. The molecular formula is C29H32F3N3O5. The van der Waals surface area contributed by atoms with E-state index in [9.17, 15) is 32.3 Å². The Labute approximate surface area is 230 Å². The molecule has 0 aromatic heterocycles. The first kappa shape index (κ1) is 29.1. The van der Waals surface area contributed by atoms with Crippen molar-refractivity contribution in [2.24, 2.45) is 5.92 Å². The van der Waals surface area contributed by atoms with Gasteiger partial charge in [0, 0.05) is 37.4 Å². The maximum absolute atomic E-state index is 14.2. The van der Waals surface area contributed by atoms with E-state index in [1.54, 1.807) is 6.07 Å². The van der Waals surface area contributed by atoms with Gasteiger partial charge in [0.15, 0.2) is 11.6 Å². The molecule has 2 fully saturated rings. The molecular weight excluding hydrogens is 527 g/mol. The highest BCUT2D eigenvalue weighted by Crippen LogP contribution is 2.34. The molecule has 11 heteroatoms. The van der Waals surface area contributed by atoms with Gasteiger partial charge in [0.1, 0.15) is 17.9 Å². The van der Waals surface area contributed by atoms with E-state index >= 15 is 0 Å². The number of carbonyl (C=O) groups excluding carboxylic acids is 4. The summed E-state index contributed by atoms with van der Waals surface area (Å²) in [4.78, 5) is 52.5. The van der Waals surface area contributed by atoms with Crippen molar-refractivity contribution in [1.29, 1.82) is 0 Å². The van der Waals surface area contributed by atoms with Crippen LogP contribution in [0.5, 0.6) is 0 Å². The smallest absolute Gasteiger partial charge is 0.328 e. The van der Waals surface area contributed by atoms with Crippen LogP contribution in [0.4, 0.5) is 13.2 Å². The largest absolute Gasteiger partial charge is 0.467 e. The first-order chi connectivity index (χ1) is 19.2. The summed E-state index contributed by atoms with van der Waals surface area (Å²) in [7, 11) is 1.16. The van der Waals surface area contributed by atoms with E-state index in [1.807, 2.05) is 0 Å². The van der Waals surface area contributed by atoms with Gasteiger partial charge in [0.25, 0.3) is 0 Å². The van der Waals surface area contributed by atoms with Crippen LogP contribution in [-0.2, 0) is 36.9 Å². The first-order valence-corrected chi connectivity index (χ1v) is 13.3. The van der Waals surface area contributed by atoms with Crippen LogP contribution in [0.15, 0.2) is 42.5 Å². The van der Waals surface area contributed by atoms with E-state index in [2.05, 4.69) is 10.6 Å². The van der Waals surface area contributed by atoms with Crippen molar-refractivity contribution in [2.45, 2.75) is 69.6 Å². The Morgan fingerprint density at radius 2 is 1.65 bits per heavy atom. The van der Waals surface area contributed by atoms with E-state index < -0.39 is 53.4 Å². The molecule has 1 aliphatic carbocycles. The van der Waals surface area contributed by atoms with Crippen LogP contribution in [0, 0.1) is 23.4 Å². The zero-order valence-electron chi connectivity index (χ0n) is 22.1. The lowest BCUT2D eigenvalue weighted by Crippen LogP contribution is -2.53. The fraction of sp³-hybridized carbons (Fsp3) is 0.448. The maximum Gasteiger partial charge on any atom is 0.328 e. The minimum atomic E-state index is -1.17. The fourth-order valence-corrected chi connectivity index (χ4v) is 4.95. The van der Waals surface area contributed by atoms with Crippen LogP contribution < -0.4 is 10.6 Å². The number of halogens is 3. The van der Waals surface area contributed by atoms with Gasteiger partial charge in [-0.05, 0) is 36.5 Å². The third kappa shape index (κ3) is 7.40. The molecule has 4 rings (SSSR count). The highest BCUT2D eigenvalue weighted by Gasteiger charge is 2.36. The second kappa shape index (κ2) is 13.0. The number of benzene rings is 2. The van der Waals surface area contributed by atoms with Gasteiger partial charge < -0.3 is 20.3 Å². The monoisotopic (exact) mass is 559 g/mol. The Hall–Kier alpha value is -3.89. The van der Waals surface area contributed by atoms with Crippen molar-refractivity contribution in [1.82, 2.24) is 15.5 Å². The van der Waals surface area contributed by atoms with Crippen LogP contribution in [0.25, 0.3) is 0 Å². The number of nitrogens with one attached hydrogen (secondary N) is 2. The molecule has 0 bridgehead atoms. The molecule has 2 aliphatic rings. The van der Waals surface area contributed by atoms with Gasteiger partial charge in [0.2, 0.25) is 17.7 Å². The van der Waals surface area contributed by atoms with Crippen molar-refractivity contribution in [3.05, 3.63) is 71.0 Å². The lowest BCUT2D eigenvalue weighted by Gasteiger charge is -2.26. The summed E-state index contributed by atoms with van der Waals surface area (Å²) < 4.78 is 46.9. The third-order valence-electron chi connectivity index (χ3n) is 7.35. The molecule has 0 spiro atoms. The molecule has 1 saturated carbocycles. The lowest BCUT2D eigenvalue weighted by atomic mass is 10.0. The molecule has 214 valence electrons. The van der Waals surface area contributed by atoms with Crippen molar-refractivity contribution in [2.75, 3.05) is 7.11 Å². The Balaban J connectivity index is 1.41. The normalized spacial score (nSPS) is 18.2. The number of nitrogens with zero attached hydrogens (tertiary/aromatic N) is 1. The molecule has 1 aliphatic heterocycles. The number of rotatable bonds is 12. The predicted molar refractivity (Wildman–Crippen MR) is 138 cm³/mol. The molecule has 2 N–H and O–H groups in total. The molecule has 1 saturated heterocycles. The number of amides is 3. The van der Waals surface area contributed by atoms with Gasteiger partial charge in [-0.3, -0.25) is 14.4 Å². The van der Waals surface area contributed by atoms with Crippen LogP contribution in [0.2, 0.25) is 0 Å². The van der Waals surface area contributed by atoms with Crippen molar-refractivity contribution < 1.29 is 37.1 Å². The van der Waals surface area contributed by atoms with Crippen molar-refractivity contribution in [3.63, 3.8) is 0 Å². The summed E-state index contributed by atoms with van der Waals surface area (Å²) in [5.74, 6) is -4.47. The average Bonchev–Trinajstić information content (AvgIpc) is 3.69. The van der Waals surface area contributed by atoms with Crippen LogP contribution in [0.1, 0.15) is 49.7 Å². The first-order valence-electron chi connectivity index (χ1n) is 13.3. The summed E-state index contributed by atoms with van der Waals surface area (Å²) in [5, 5.41) is 5.32. The number of ether oxygens (including phenoxy) is 1. The quantitative estimate of drug-likeness (QED) is 0.389. The number of methoxy groups -OCH3 is 1. The summed E-state index contributed by atoms with van der Waals surface area (Å²) in [6.07, 6.45) is 2.41. The molecule has 0 unspecified atom stereocenters. The maximum atomic E-state index is 14.2. The summed E-state index contributed by atoms with van der Waals surface area (Å²) in [6, 6.07) is 6.93. The summed E-state index contributed by atoms with van der Waals surface area (Å²) in [5.41, 5.74) is 0.233. The third-order valence-corrected chi connectivity index (χ3v) is 7.35. The predicted octanol–water partition coefficient (Wildman–Crippen LogP) is 3.17. The summed E-state index contributed by atoms with van der Waals surface area (Å²) >= 11 is 0. The van der Waals surface area contributed by atoms with Crippen molar-refractivity contribution in [3.8, 4) is 0 Å². The molecule has 8 nitrogen and oxygen atoms in total. The molecule has 3 amide bonds. The number of hydrogen-bond donors (Lipinski definition) is 2. The Bertz CT molecular complexity index is 1270. The van der Waals surface area contributed by atoms with Gasteiger partial charge in [-0.15, -0.1) is 0 Å². The lowest BCUT2D eigenvalue weighted by molar-refractivity contribution is -0.145. The van der Waals surface area contributed by atoms with Crippen LogP contribution in [0.3, 0.4) is 0 Å². The van der Waals surface area contributed by atoms with Gasteiger partial charge in [-0.2, -0.15) is 0 Å². The number of esters is 1. The molecule has 0 radical (unpaired) electrons. The number of hydrogen-bond acceptors (Lipinski definition) is 5. The summed E-state index contributed by atoms with van der Waals surface area (Å²) in [6.45, 7) is -0.177. The van der Waals surface area contributed by atoms with Crippen LogP contribution in [-0.4, -0.2) is 53.8 Å². The van der Waals surface area contributed by atoms with E-state index in [4.69, 9.17) is 4.74 Å². The second-order valence-electron chi connectivity index (χ2n) is 10.3. The zero-order chi connectivity index (χ0) is 28.8. The highest BCUT2D eigenvalue weighted by molar-refractivity contribution is 5.91. The minimum Gasteiger partial charge on any atom is -0.467 e. The molecule has 40 heavy (non-hydrogen) atoms. The fourth-order valence-electron chi connectivity index (χ4n) is 4.95. The zero-order valence-corrected chi connectivity index (χ0v) is 22.1. The SMILES string of the molecule is COC(=O)[C@H](Cc1ccccc1F)NC(=O)[C@H](CC1CC1)NC(=O)C[C@@H]1CCC(=O)N1Cc1cccc(F)c1F. The van der Waals surface area contributed by atoms with Gasteiger partial charge >= 0.3 is 5.97 Å². The van der Waals surface area contributed by atoms with E-state index in [1.165, 1.54) is 35.2 Å². The number of carbonyl (C=O) groups is 4. The second-order valence-corrected chi connectivity index (χ2v) is 10.3. The van der Waals surface area contributed by atoms with Gasteiger partial charge in [-0.1, -0.05) is 43.2 Å². The van der Waals surface area contributed by atoms with E-state index in [0.717, 1.165) is 26.0 Å². The minimum absolute atomic E-state index is 0.00958. The number of likely N-dealkylation sites (tertiary alicyclic amines) is 1. The van der Waals surface area contributed by atoms with Crippen LogP contribution >= 0.6 is 0 Å². The Kier molecular flexibility index (Phi) is 9.44. The van der Waals surface area contributed by atoms with E-state index in [-0.39, 0.29) is 48.8 Å². The molecule has 2 aromatic carbocycles.